The zero-order chi connectivity index (χ0) is 15.7. The minimum Gasteiger partial charge on any atom is -0.267 e. The number of carbonyl (C=O) groups excluding carboxylic acids is 1. The molecule has 3 nitrogen and oxygen atoms in total. The molecule has 1 aliphatic heterocycles. The van der Waals surface area contributed by atoms with Crippen LogP contribution in [0.25, 0.3) is 6.08 Å². The molecule has 2 aromatic rings. The molecule has 0 bridgehead atoms. The van der Waals surface area contributed by atoms with Crippen LogP contribution in [0.4, 0.5) is 5.69 Å². The molecule has 0 unspecified atom stereocenters. The number of hydrogen-bond acceptors (Lipinski definition) is 3. The highest BCUT2D eigenvalue weighted by atomic mass is 32.1. The first-order valence-electron chi connectivity index (χ1n) is 7.35. The maximum atomic E-state index is 12.6. The number of carbonyl (C=O) groups is 1. The van der Waals surface area contributed by atoms with Crippen LogP contribution >= 0.6 is 11.3 Å². The Hall–Kier alpha value is -2.20. The van der Waals surface area contributed by atoms with Crippen LogP contribution < -0.4 is 5.01 Å². The maximum Gasteiger partial charge on any atom is 0.280 e. The number of hydrogen-bond donors (Lipinski definition) is 0. The Morgan fingerprint density at radius 2 is 1.86 bits per heavy atom. The van der Waals surface area contributed by atoms with Crippen molar-refractivity contribution in [1.82, 2.24) is 0 Å². The zero-order valence-corrected chi connectivity index (χ0v) is 13.8. The summed E-state index contributed by atoms with van der Waals surface area (Å²) < 4.78 is 0. The minimum atomic E-state index is -0.0622. The molecule has 0 saturated heterocycles. The van der Waals surface area contributed by atoms with Gasteiger partial charge in [-0.1, -0.05) is 19.1 Å². The number of thiophene rings is 1. The van der Waals surface area contributed by atoms with Gasteiger partial charge in [0.25, 0.3) is 5.91 Å². The zero-order valence-electron chi connectivity index (χ0n) is 13.0. The number of rotatable bonds is 3. The summed E-state index contributed by atoms with van der Waals surface area (Å²) in [4.78, 5) is 14.9. The molecule has 4 heteroatoms. The molecular weight excluding hydrogens is 292 g/mol. The van der Waals surface area contributed by atoms with Gasteiger partial charge in [0.2, 0.25) is 0 Å². The first-order chi connectivity index (χ1) is 10.6. The first kappa shape index (κ1) is 14.7. The third-order valence-corrected chi connectivity index (χ3v) is 4.65. The predicted molar refractivity (Wildman–Crippen MR) is 93.4 cm³/mol. The fourth-order valence-electron chi connectivity index (χ4n) is 2.41. The standard InChI is InChI=1S/C18H18N2OS/c1-4-14-6-8-15(9-7-14)20-18(21)17(13(3)19-20)11-16-10-5-12(2)22-16/h5-11H,4H2,1-3H3. The second kappa shape index (κ2) is 5.89. The summed E-state index contributed by atoms with van der Waals surface area (Å²) in [5.74, 6) is -0.0622. The monoisotopic (exact) mass is 310 g/mol. The summed E-state index contributed by atoms with van der Waals surface area (Å²) in [5.41, 5.74) is 3.49. The molecule has 22 heavy (non-hydrogen) atoms. The van der Waals surface area contributed by atoms with Crippen molar-refractivity contribution >= 4 is 34.7 Å². The molecular formula is C18H18N2OS. The van der Waals surface area contributed by atoms with Gasteiger partial charge in [-0.15, -0.1) is 11.3 Å². The number of hydrazone groups is 1. The number of aryl methyl sites for hydroxylation is 2. The average Bonchev–Trinajstić information content (AvgIpc) is 3.06. The van der Waals surface area contributed by atoms with Gasteiger partial charge in [0.1, 0.15) is 0 Å². The average molecular weight is 310 g/mol. The van der Waals surface area contributed by atoms with E-state index < -0.39 is 0 Å². The van der Waals surface area contributed by atoms with E-state index in [0.717, 1.165) is 22.7 Å². The van der Waals surface area contributed by atoms with Crippen molar-refractivity contribution in [3.8, 4) is 0 Å². The molecule has 0 atom stereocenters. The topological polar surface area (TPSA) is 32.7 Å². The summed E-state index contributed by atoms with van der Waals surface area (Å²) in [6.45, 7) is 6.05. The highest BCUT2D eigenvalue weighted by Crippen LogP contribution is 2.27. The lowest BCUT2D eigenvalue weighted by atomic mass is 10.1. The Balaban J connectivity index is 1.90. The quantitative estimate of drug-likeness (QED) is 0.772. The Kier molecular flexibility index (Phi) is 3.94. The molecule has 0 fully saturated rings. The van der Waals surface area contributed by atoms with Crippen LogP contribution in [0.1, 0.15) is 29.2 Å². The van der Waals surface area contributed by atoms with Gasteiger partial charge in [-0.3, -0.25) is 4.79 Å². The second-order valence-electron chi connectivity index (χ2n) is 5.33. The Morgan fingerprint density at radius 3 is 2.45 bits per heavy atom. The van der Waals surface area contributed by atoms with E-state index in [4.69, 9.17) is 0 Å². The van der Waals surface area contributed by atoms with Crippen molar-refractivity contribution < 1.29 is 4.79 Å². The third kappa shape index (κ3) is 2.74. The van der Waals surface area contributed by atoms with Crippen molar-refractivity contribution in [2.45, 2.75) is 27.2 Å². The molecule has 1 aromatic carbocycles. The van der Waals surface area contributed by atoms with Crippen LogP contribution in [-0.2, 0) is 11.2 Å². The summed E-state index contributed by atoms with van der Waals surface area (Å²) >= 11 is 1.68. The maximum absolute atomic E-state index is 12.6. The third-order valence-electron chi connectivity index (χ3n) is 3.70. The van der Waals surface area contributed by atoms with E-state index >= 15 is 0 Å². The Morgan fingerprint density at radius 1 is 1.14 bits per heavy atom. The molecule has 112 valence electrons. The number of anilines is 1. The van der Waals surface area contributed by atoms with E-state index in [0.29, 0.717) is 5.57 Å². The van der Waals surface area contributed by atoms with Gasteiger partial charge in [-0.2, -0.15) is 10.1 Å². The smallest absolute Gasteiger partial charge is 0.267 e. The molecule has 0 N–H and O–H groups in total. The van der Waals surface area contributed by atoms with Crippen molar-refractivity contribution in [3.05, 3.63) is 57.3 Å². The van der Waals surface area contributed by atoms with E-state index in [2.05, 4.69) is 25.0 Å². The molecule has 0 spiro atoms. The van der Waals surface area contributed by atoms with E-state index in [1.54, 1.807) is 11.3 Å². The van der Waals surface area contributed by atoms with Crippen molar-refractivity contribution in [1.29, 1.82) is 0 Å². The molecule has 1 aromatic heterocycles. The molecule has 0 radical (unpaired) electrons. The first-order valence-corrected chi connectivity index (χ1v) is 8.17. The van der Waals surface area contributed by atoms with Gasteiger partial charge in [-0.25, -0.2) is 0 Å². The van der Waals surface area contributed by atoms with E-state index in [9.17, 15) is 4.79 Å². The fraction of sp³-hybridized carbons (Fsp3) is 0.222. The van der Waals surface area contributed by atoms with Crippen LogP contribution in [0.2, 0.25) is 0 Å². The molecule has 2 heterocycles. The normalized spacial score (nSPS) is 16.5. The van der Waals surface area contributed by atoms with Gasteiger partial charge >= 0.3 is 0 Å². The summed E-state index contributed by atoms with van der Waals surface area (Å²) in [6, 6.07) is 12.1. The predicted octanol–water partition coefficient (Wildman–Crippen LogP) is 4.43. The number of amides is 1. The summed E-state index contributed by atoms with van der Waals surface area (Å²) in [6.07, 6.45) is 2.92. The van der Waals surface area contributed by atoms with Crippen molar-refractivity contribution in [2.24, 2.45) is 5.10 Å². The second-order valence-corrected chi connectivity index (χ2v) is 6.65. The number of benzene rings is 1. The van der Waals surface area contributed by atoms with Gasteiger partial charge in [-0.05, 0) is 56.2 Å². The fourth-order valence-corrected chi connectivity index (χ4v) is 3.23. The largest absolute Gasteiger partial charge is 0.280 e. The Bertz CT molecular complexity index is 769. The molecule has 0 saturated carbocycles. The van der Waals surface area contributed by atoms with E-state index in [1.165, 1.54) is 15.4 Å². The van der Waals surface area contributed by atoms with Gasteiger partial charge in [0.15, 0.2) is 0 Å². The van der Waals surface area contributed by atoms with Gasteiger partial charge < -0.3 is 0 Å². The van der Waals surface area contributed by atoms with Crippen LogP contribution in [0, 0.1) is 6.92 Å². The van der Waals surface area contributed by atoms with E-state index in [1.807, 2.05) is 43.3 Å². The van der Waals surface area contributed by atoms with Gasteiger partial charge in [0.05, 0.1) is 17.0 Å². The van der Waals surface area contributed by atoms with Crippen LogP contribution in [0.5, 0.6) is 0 Å². The Labute approximate surface area is 134 Å². The molecule has 0 aliphatic carbocycles. The van der Waals surface area contributed by atoms with E-state index in [-0.39, 0.29) is 5.91 Å². The molecule has 1 amide bonds. The van der Waals surface area contributed by atoms with Crippen LogP contribution in [-0.4, -0.2) is 11.6 Å². The highest BCUT2D eigenvalue weighted by molar-refractivity contribution is 7.12. The van der Waals surface area contributed by atoms with Crippen molar-refractivity contribution in [2.75, 3.05) is 5.01 Å². The highest BCUT2D eigenvalue weighted by Gasteiger charge is 2.28. The van der Waals surface area contributed by atoms with Crippen LogP contribution in [0.3, 0.4) is 0 Å². The number of nitrogens with zero attached hydrogens (tertiary/aromatic N) is 2. The van der Waals surface area contributed by atoms with Crippen LogP contribution in [0.15, 0.2) is 47.1 Å². The lowest BCUT2D eigenvalue weighted by molar-refractivity contribution is -0.114. The SMILES string of the molecule is CCc1ccc(N2N=C(C)C(=Cc3ccc(C)s3)C2=O)cc1. The lowest BCUT2D eigenvalue weighted by Gasteiger charge is -2.12. The lowest BCUT2D eigenvalue weighted by Crippen LogP contribution is -2.21. The molecule has 1 aliphatic rings. The summed E-state index contributed by atoms with van der Waals surface area (Å²) in [7, 11) is 0. The summed E-state index contributed by atoms with van der Waals surface area (Å²) in [5, 5.41) is 5.90. The minimum absolute atomic E-state index is 0.0622. The van der Waals surface area contributed by atoms with Crippen molar-refractivity contribution in [3.63, 3.8) is 0 Å². The van der Waals surface area contributed by atoms with Gasteiger partial charge in [0, 0.05) is 9.75 Å². The molecule has 3 rings (SSSR count).